The van der Waals surface area contributed by atoms with Crippen molar-refractivity contribution in [3.63, 3.8) is 0 Å². The summed E-state index contributed by atoms with van der Waals surface area (Å²) in [5, 5.41) is 11.3. The Morgan fingerprint density at radius 3 is 2.48 bits per heavy atom. The molecule has 2 N–H and O–H groups in total. The maximum Gasteiger partial charge on any atom is 0.573 e. The van der Waals surface area contributed by atoms with Gasteiger partial charge in [-0.25, -0.2) is 0 Å². The Hall–Kier alpha value is -1.80. The highest BCUT2D eigenvalue weighted by molar-refractivity contribution is 5.77. The van der Waals surface area contributed by atoms with Crippen molar-refractivity contribution in [3.05, 3.63) is 29.8 Å². The van der Waals surface area contributed by atoms with E-state index in [1.54, 1.807) is 11.9 Å². The minimum Gasteiger partial charge on any atom is -0.406 e. The second-order valence-electron chi connectivity index (χ2n) is 4.43. The Kier molecular flexibility index (Phi) is 6.44. The maximum absolute atomic E-state index is 12.0. The predicted octanol–water partition coefficient (Wildman–Crippen LogP) is 1.13. The van der Waals surface area contributed by atoms with E-state index in [2.05, 4.69) is 10.1 Å². The third-order valence-corrected chi connectivity index (χ3v) is 2.54. The molecule has 1 rings (SSSR count). The number of aliphatic hydroxyl groups is 1. The molecule has 118 valence electrons. The maximum atomic E-state index is 12.0. The van der Waals surface area contributed by atoms with Gasteiger partial charge < -0.3 is 15.2 Å². The number of ether oxygens (including phenoxy) is 1. The van der Waals surface area contributed by atoms with Crippen LogP contribution in [0, 0.1) is 0 Å². The van der Waals surface area contributed by atoms with Crippen LogP contribution in [0.3, 0.4) is 0 Å². The highest BCUT2D eigenvalue weighted by Crippen LogP contribution is 2.22. The first-order valence-corrected chi connectivity index (χ1v) is 6.21. The molecule has 0 heterocycles. The van der Waals surface area contributed by atoms with Crippen LogP contribution in [0.5, 0.6) is 5.75 Å². The zero-order chi connectivity index (χ0) is 15.9. The van der Waals surface area contributed by atoms with Crippen LogP contribution >= 0.6 is 0 Å². The van der Waals surface area contributed by atoms with Gasteiger partial charge in [0.05, 0.1) is 13.2 Å². The zero-order valence-electron chi connectivity index (χ0n) is 11.5. The Balaban J connectivity index is 2.40. The van der Waals surface area contributed by atoms with Gasteiger partial charge in [0.2, 0.25) is 5.91 Å². The van der Waals surface area contributed by atoms with Crippen molar-refractivity contribution < 1.29 is 27.8 Å². The van der Waals surface area contributed by atoms with Crippen LogP contribution in [-0.2, 0) is 11.3 Å². The molecule has 0 unspecified atom stereocenters. The van der Waals surface area contributed by atoms with Gasteiger partial charge in [0.15, 0.2) is 0 Å². The van der Waals surface area contributed by atoms with Gasteiger partial charge in [-0.3, -0.25) is 9.69 Å². The summed E-state index contributed by atoms with van der Waals surface area (Å²) >= 11 is 0. The highest BCUT2D eigenvalue weighted by Gasteiger charge is 2.30. The fraction of sp³-hybridized carbons (Fsp3) is 0.462. The molecule has 0 saturated heterocycles. The van der Waals surface area contributed by atoms with Gasteiger partial charge in [-0.05, 0) is 24.7 Å². The summed E-state index contributed by atoms with van der Waals surface area (Å²) in [6.07, 6.45) is -4.72. The quantitative estimate of drug-likeness (QED) is 0.793. The van der Waals surface area contributed by atoms with Gasteiger partial charge in [-0.2, -0.15) is 0 Å². The lowest BCUT2D eigenvalue weighted by Gasteiger charge is -2.14. The second-order valence-corrected chi connectivity index (χ2v) is 4.43. The molecule has 0 saturated carbocycles. The topological polar surface area (TPSA) is 61.8 Å². The Bertz CT molecular complexity index is 449. The average molecular weight is 306 g/mol. The van der Waals surface area contributed by atoms with E-state index in [9.17, 15) is 18.0 Å². The molecule has 0 aliphatic heterocycles. The molecule has 8 heteroatoms. The summed E-state index contributed by atoms with van der Waals surface area (Å²) < 4.78 is 39.7. The summed E-state index contributed by atoms with van der Waals surface area (Å²) in [6, 6.07) is 5.26. The molecule has 0 aliphatic rings. The van der Waals surface area contributed by atoms with Crippen LogP contribution in [0.2, 0.25) is 0 Å². The molecule has 0 atom stereocenters. The van der Waals surface area contributed by atoms with Crippen molar-refractivity contribution in [1.29, 1.82) is 0 Å². The third kappa shape index (κ3) is 7.52. The van der Waals surface area contributed by atoms with E-state index in [-0.39, 0.29) is 31.4 Å². The van der Waals surface area contributed by atoms with Crippen LogP contribution in [0.1, 0.15) is 5.56 Å². The van der Waals surface area contributed by atoms with E-state index in [4.69, 9.17) is 5.11 Å². The first-order valence-electron chi connectivity index (χ1n) is 6.21. The zero-order valence-corrected chi connectivity index (χ0v) is 11.5. The summed E-state index contributed by atoms with van der Waals surface area (Å²) in [7, 11) is 1.69. The number of hydrogen-bond acceptors (Lipinski definition) is 4. The second kappa shape index (κ2) is 7.84. The number of aliphatic hydroxyl groups excluding tert-OH is 1. The third-order valence-electron chi connectivity index (χ3n) is 2.54. The smallest absolute Gasteiger partial charge is 0.406 e. The van der Waals surface area contributed by atoms with E-state index in [1.807, 2.05) is 0 Å². The number of amides is 1. The number of carbonyl (C=O) groups excluding carboxylic acids is 1. The van der Waals surface area contributed by atoms with Gasteiger partial charge in [0, 0.05) is 13.1 Å². The lowest BCUT2D eigenvalue weighted by atomic mass is 10.2. The van der Waals surface area contributed by atoms with Crippen molar-refractivity contribution in [2.75, 3.05) is 26.7 Å². The average Bonchev–Trinajstić information content (AvgIpc) is 2.36. The van der Waals surface area contributed by atoms with Gasteiger partial charge in [-0.1, -0.05) is 12.1 Å². The molecule has 1 aromatic rings. The predicted molar refractivity (Wildman–Crippen MR) is 69.6 cm³/mol. The van der Waals surface area contributed by atoms with Gasteiger partial charge in [0.25, 0.3) is 0 Å². The molecule has 1 amide bonds. The van der Waals surface area contributed by atoms with Crippen molar-refractivity contribution in [3.8, 4) is 5.75 Å². The van der Waals surface area contributed by atoms with E-state index in [1.165, 1.54) is 24.3 Å². The van der Waals surface area contributed by atoms with E-state index < -0.39 is 6.36 Å². The lowest BCUT2D eigenvalue weighted by Crippen LogP contribution is -2.36. The molecule has 21 heavy (non-hydrogen) atoms. The van der Waals surface area contributed by atoms with Crippen molar-refractivity contribution in [2.45, 2.75) is 12.9 Å². The SMILES string of the molecule is CN(CCO)CC(=O)NCc1ccc(OC(F)(F)F)cc1. The van der Waals surface area contributed by atoms with Crippen molar-refractivity contribution in [2.24, 2.45) is 0 Å². The molecule has 0 spiro atoms. The number of benzene rings is 1. The van der Waals surface area contributed by atoms with Gasteiger partial charge in [-0.15, -0.1) is 13.2 Å². The number of halogens is 3. The van der Waals surface area contributed by atoms with Crippen molar-refractivity contribution >= 4 is 5.91 Å². The first kappa shape index (κ1) is 17.3. The van der Waals surface area contributed by atoms with E-state index in [0.29, 0.717) is 12.1 Å². The molecular weight excluding hydrogens is 289 g/mol. The molecule has 0 fully saturated rings. The summed E-state index contributed by atoms with van der Waals surface area (Å²) in [4.78, 5) is 13.2. The van der Waals surface area contributed by atoms with Crippen LogP contribution in [0.25, 0.3) is 0 Å². The summed E-state index contributed by atoms with van der Waals surface area (Å²) in [5.74, 6) is -0.540. The molecule has 1 aromatic carbocycles. The number of alkyl halides is 3. The fourth-order valence-corrected chi connectivity index (χ4v) is 1.56. The number of nitrogens with one attached hydrogen (secondary N) is 1. The molecule has 0 bridgehead atoms. The number of nitrogens with zero attached hydrogens (tertiary/aromatic N) is 1. The number of rotatable bonds is 7. The van der Waals surface area contributed by atoms with Crippen LogP contribution < -0.4 is 10.1 Å². The van der Waals surface area contributed by atoms with E-state index in [0.717, 1.165) is 0 Å². The molecule has 0 aromatic heterocycles. The largest absolute Gasteiger partial charge is 0.573 e. The standard InChI is InChI=1S/C13H17F3N2O3/c1-18(6-7-19)9-12(20)17-8-10-2-4-11(5-3-10)21-13(14,15)16/h2-5,19H,6-9H2,1H3,(H,17,20). The minimum absolute atomic E-state index is 0.0373. The number of likely N-dealkylation sites (N-methyl/N-ethyl adjacent to an activating group) is 1. The highest BCUT2D eigenvalue weighted by atomic mass is 19.4. The Morgan fingerprint density at radius 2 is 1.95 bits per heavy atom. The van der Waals surface area contributed by atoms with Crippen molar-refractivity contribution in [1.82, 2.24) is 10.2 Å². The summed E-state index contributed by atoms with van der Waals surface area (Å²) in [6.45, 7) is 0.690. The number of hydrogen-bond donors (Lipinski definition) is 2. The molecule has 5 nitrogen and oxygen atoms in total. The lowest BCUT2D eigenvalue weighted by molar-refractivity contribution is -0.274. The number of carbonyl (C=O) groups is 1. The normalized spacial score (nSPS) is 11.5. The fourth-order valence-electron chi connectivity index (χ4n) is 1.56. The van der Waals surface area contributed by atoms with E-state index >= 15 is 0 Å². The molecule has 0 radical (unpaired) electrons. The summed E-state index contributed by atoms with van der Waals surface area (Å²) in [5.41, 5.74) is 0.655. The first-order chi connectivity index (χ1) is 9.80. The van der Waals surface area contributed by atoms with Gasteiger partial charge in [0.1, 0.15) is 5.75 Å². The minimum atomic E-state index is -4.72. The van der Waals surface area contributed by atoms with Gasteiger partial charge >= 0.3 is 6.36 Å². The van der Waals surface area contributed by atoms with Crippen LogP contribution in [0.15, 0.2) is 24.3 Å². The molecule has 0 aliphatic carbocycles. The Labute approximate surface area is 120 Å². The monoisotopic (exact) mass is 306 g/mol. The van der Waals surface area contributed by atoms with Crippen LogP contribution in [-0.4, -0.2) is 49.0 Å². The molecular formula is C13H17F3N2O3. The Morgan fingerprint density at radius 1 is 1.33 bits per heavy atom. The van der Waals surface area contributed by atoms with Crippen LogP contribution in [0.4, 0.5) is 13.2 Å².